The SMILES string of the molecule is O=C(CN1C(=O)C2C3C=CC(C4CC34)C2C1=O)NCC1CCCO1. The Morgan fingerprint density at radius 2 is 1.83 bits per heavy atom. The molecule has 0 aromatic heterocycles. The van der Waals surface area contributed by atoms with E-state index in [0.29, 0.717) is 18.4 Å². The second-order valence-corrected chi connectivity index (χ2v) is 7.86. The fraction of sp³-hybridized carbons (Fsp3) is 0.722. The van der Waals surface area contributed by atoms with Gasteiger partial charge in [0.1, 0.15) is 6.54 Å². The summed E-state index contributed by atoms with van der Waals surface area (Å²) in [6.07, 6.45) is 7.47. The van der Waals surface area contributed by atoms with Gasteiger partial charge in [-0.1, -0.05) is 12.2 Å². The predicted octanol–water partition coefficient (Wildman–Crippen LogP) is 0.335. The van der Waals surface area contributed by atoms with E-state index in [-0.39, 0.29) is 54.0 Å². The molecule has 6 nitrogen and oxygen atoms in total. The van der Waals surface area contributed by atoms with Gasteiger partial charge in [0.15, 0.2) is 0 Å². The molecule has 0 radical (unpaired) electrons. The molecule has 7 atom stereocenters. The normalized spacial score (nSPS) is 44.7. The molecule has 0 spiro atoms. The monoisotopic (exact) mass is 330 g/mol. The van der Waals surface area contributed by atoms with Crippen molar-refractivity contribution in [3.8, 4) is 0 Å². The number of likely N-dealkylation sites (tertiary alicyclic amines) is 1. The highest BCUT2D eigenvalue weighted by Gasteiger charge is 2.67. The zero-order chi connectivity index (χ0) is 16.4. The third-order valence-corrected chi connectivity index (χ3v) is 6.61. The highest BCUT2D eigenvalue weighted by Crippen LogP contribution is 2.65. The summed E-state index contributed by atoms with van der Waals surface area (Å²) in [6, 6.07) is 0. The first-order valence-electron chi connectivity index (χ1n) is 9.07. The van der Waals surface area contributed by atoms with E-state index in [4.69, 9.17) is 4.74 Å². The summed E-state index contributed by atoms with van der Waals surface area (Å²) < 4.78 is 5.48. The van der Waals surface area contributed by atoms with Crippen molar-refractivity contribution in [3.05, 3.63) is 12.2 Å². The number of hydrogen-bond donors (Lipinski definition) is 1. The van der Waals surface area contributed by atoms with Gasteiger partial charge in [0, 0.05) is 13.2 Å². The van der Waals surface area contributed by atoms with Gasteiger partial charge in [-0.3, -0.25) is 19.3 Å². The molecule has 6 heteroatoms. The summed E-state index contributed by atoms with van der Waals surface area (Å²) >= 11 is 0. The third kappa shape index (κ3) is 2.01. The number of amides is 3. The minimum Gasteiger partial charge on any atom is -0.376 e. The molecule has 2 aliphatic heterocycles. The fourth-order valence-corrected chi connectivity index (χ4v) is 5.41. The Morgan fingerprint density at radius 3 is 2.42 bits per heavy atom. The first-order valence-corrected chi connectivity index (χ1v) is 9.07. The maximum atomic E-state index is 12.8. The van der Waals surface area contributed by atoms with Crippen molar-refractivity contribution in [2.45, 2.75) is 25.4 Å². The van der Waals surface area contributed by atoms with Crippen LogP contribution in [-0.4, -0.2) is 48.4 Å². The molecule has 128 valence electrons. The van der Waals surface area contributed by atoms with Gasteiger partial charge in [-0.05, 0) is 42.9 Å². The summed E-state index contributed by atoms with van der Waals surface area (Å²) in [6.45, 7) is 1.05. The average Bonchev–Trinajstić information content (AvgIpc) is 3.19. The van der Waals surface area contributed by atoms with E-state index in [0.717, 1.165) is 25.9 Å². The maximum Gasteiger partial charge on any atom is 0.240 e. The summed E-state index contributed by atoms with van der Waals surface area (Å²) in [5, 5.41) is 2.80. The van der Waals surface area contributed by atoms with E-state index in [9.17, 15) is 14.4 Å². The molecule has 2 saturated heterocycles. The predicted molar refractivity (Wildman–Crippen MR) is 83.4 cm³/mol. The Kier molecular flexibility index (Phi) is 3.14. The molecular weight excluding hydrogens is 308 g/mol. The lowest BCUT2D eigenvalue weighted by atomic mass is 9.63. The van der Waals surface area contributed by atoms with Gasteiger partial charge >= 0.3 is 0 Å². The number of carbonyl (C=O) groups excluding carboxylic acids is 3. The Balaban J connectivity index is 1.25. The summed E-state index contributed by atoms with van der Waals surface area (Å²) in [5.41, 5.74) is 0. The molecule has 1 N–H and O–H groups in total. The molecule has 2 bridgehead atoms. The van der Waals surface area contributed by atoms with Crippen molar-refractivity contribution < 1.29 is 19.1 Å². The van der Waals surface area contributed by atoms with Crippen LogP contribution in [0.15, 0.2) is 12.2 Å². The van der Waals surface area contributed by atoms with Crippen LogP contribution < -0.4 is 5.32 Å². The van der Waals surface area contributed by atoms with E-state index < -0.39 is 0 Å². The Labute approximate surface area is 140 Å². The number of imide groups is 1. The van der Waals surface area contributed by atoms with E-state index in [1.54, 1.807) is 0 Å². The summed E-state index contributed by atoms with van der Waals surface area (Å²) in [5.74, 6) is 0.616. The second-order valence-electron chi connectivity index (χ2n) is 7.86. The minimum absolute atomic E-state index is 0.0636. The van der Waals surface area contributed by atoms with Gasteiger partial charge in [0.2, 0.25) is 17.7 Å². The van der Waals surface area contributed by atoms with Crippen molar-refractivity contribution in [2.24, 2.45) is 35.5 Å². The van der Waals surface area contributed by atoms with Gasteiger partial charge in [0.05, 0.1) is 17.9 Å². The van der Waals surface area contributed by atoms with Crippen LogP contribution in [0.4, 0.5) is 0 Å². The van der Waals surface area contributed by atoms with Gasteiger partial charge in [-0.2, -0.15) is 0 Å². The Hall–Kier alpha value is -1.69. The van der Waals surface area contributed by atoms with Crippen molar-refractivity contribution in [1.29, 1.82) is 0 Å². The zero-order valence-corrected chi connectivity index (χ0v) is 13.5. The number of hydrogen-bond acceptors (Lipinski definition) is 4. The number of ether oxygens (including phenoxy) is 1. The number of rotatable bonds is 4. The van der Waals surface area contributed by atoms with Crippen LogP contribution in [-0.2, 0) is 19.1 Å². The standard InChI is InChI=1S/C18H22N2O4/c21-14(19-7-9-2-1-5-24-9)8-20-17(22)15-10-3-4-11(13-6-12(10)13)16(15)18(20)23/h3-4,9-13,15-16H,1-2,5-8H2,(H,19,21). The first-order chi connectivity index (χ1) is 11.6. The van der Waals surface area contributed by atoms with Gasteiger partial charge in [0.25, 0.3) is 0 Å². The van der Waals surface area contributed by atoms with Crippen LogP contribution in [0.3, 0.4) is 0 Å². The number of nitrogens with one attached hydrogen (secondary N) is 1. The van der Waals surface area contributed by atoms with E-state index >= 15 is 0 Å². The second kappa shape index (κ2) is 5.15. The lowest BCUT2D eigenvalue weighted by Gasteiger charge is -2.37. The van der Waals surface area contributed by atoms with Crippen molar-refractivity contribution in [3.63, 3.8) is 0 Å². The molecule has 24 heavy (non-hydrogen) atoms. The van der Waals surface area contributed by atoms with Crippen LogP contribution in [0.2, 0.25) is 0 Å². The number of allylic oxidation sites excluding steroid dienone is 2. The molecule has 7 unspecified atom stereocenters. The van der Waals surface area contributed by atoms with Crippen molar-refractivity contribution in [2.75, 3.05) is 19.7 Å². The van der Waals surface area contributed by atoms with Crippen LogP contribution in [0.25, 0.3) is 0 Å². The Morgan fingerprint density at radius 1 is 1.17 bits per heavy atom. The molecule has 4 fully saturated rings. The molecule has 3 amide bonds. The zero-order valence-electron chi connectivity index (χ0n) is 13.5. The quantitative estimate of drug-likeness (QED) is 0.596. The number of nitrogens with zero attached hydrogens (tertiary/aromatic N) is 1. The van der Waals surface area contributed by atoms with Crippen LogP contribution in [0, 0.1) is 35.5 Å². The van der Waals surface area contributed by atoms with E-state index in [1.807, 2.05) is 0 Å². The molecule has 0 aromatic rings. The van der Waals surface area contributed by atoms with Crippen LogP contribution in [0.5, 0.6) is 0 Å². The van der Waals surface area contributed by atoms with E-state index in [1.165, 1.54) is 4.90 Å². The smallest absolute Gasteiger partial charge is 0.240 e. The lowest BCUT2D eigenvalue weighted by Crippen LogP contribution is -2.43. The molecule has 6 aliphatic rings. The molecule has 4 aliphatic carbocycles. The highest BCUT2D eigenvalue weighted by atomic mass is 16.5. The van der Waals surface area contributed by atoms with Crippen LogP contribution in [0.1, 0.15) is 19.3 Å². The largest absolute Gasteiger partial charge is 0.376 e. The van der Waals surface area contributed by atoms with Crippen LogP contribution >= 0.6 is 0 Å². The summed E-state index contributed by atoms with van der Waals surface area (Å²) in [7, 11) is 0. The topological polar surface area (TPSA) is 75.7 Å². The first kappa shape index (κ1) is 14.6. The Bertz CT molecular complexity index is 603. The third-order valence-electron chi connectivity index (χ3n) is 6.61. The summed E-state index contributed by atoms with van der Waals surface area (Å²) in [4.78, 5) is 38.9. The van der Waals surface area contributed by atoms with Crippen molar-refractivity contribution >= 4 is 17.7 Å². The minimum atomic E-state index is -0.267. The average molecular weight is 330 g/mol. The number of carbonyl (C=O) groups is 3. The highest BCUT2D eigenvalue weighted by molar-refractivity contribution is 6.08. The van der Waals surface area contributed by atoms with Crippen molar-refractivity contribution in [1.82, 2.24) is 10.2 Å². The molecule has 0 aromatic carbocycles. The van der Waals surface area contributed by atoms with Gasteiger partial charge < -0.3 is 10.1 Å². The molecule has 6 rings (SSSR count). The van der Waals surface area contributed by atoms with E-state index in [2.05, 4.69) is 17.5 Å². The molecular formula is C18H22N2O4. The lowest BCUT2D eigenvalue weighted by molar-refractivity contribution is -0.144. The molecule has 2 heterocycles. The van der Waals surface area contributed by atoms with Gasteiger partial charge in [-0.25, -0.2) is 0 Å². The van der Waals surface area contributed by atoms with Gasteiger partial charge in [-0.15, -0.1) is 0 Å². The maximum absolute atomic E-state index is 12.8. The fourth-order valence-electron chi connectivity index (χ4n) is 5.41. The molecule has 2 saturated carbocycles.